The summed E-state index contributed by atoms with van der Waals surface area (Å²) in [7, 11) is 0. The summed E-state index contributed by atoms with van der Waals surface area (Å²) in [6.07, 6.45) is 0.402. The molecule has 16 heavy (non-hydrogen) atoms. The highest BCUT2D eigenvalue weighted by atomic mass is 19.2. The van der Waals surface area contributed by atoms with E-state index in [0.717, 1.165) is 5.56 Å². The van der Waals surface area contributed by atoms with Crippen molar-refractivity contribution in [1.29, 1.82) is 0 Å². The van der Waals surface area contributed by atoms with Crippen molar-refractivity contribution in [2.75, 3.05) is 0 Å². The van der Waals surface area contributed by atoms with E-state index in [1.165, 1.54) is 0 Å². The van der Waals surface area contributed by atoms with Crippen LogP contribution < -0.4 is 0 Å². The lowest BCUT2D eigenvalue weighted by molar-refractivity contribution is 0.447. The number of fused-ring (bicyclic) bond motifs is 3. The third-order valence-electron chi connectivity index (χ3n) is 2.82. The summed E-state index contributed by atoms with van der Waals surface area (Å²) in [6.45, 7) is 0. The average Bonchev–Trinajstić information content (AvgIpc) is 2.64. The van der Waals surface area contributed by atoms with Gasteiger partial charge in [0, 0.05) is 11.6 Å². The Labute approximate surface area is 90.3 Å². The molecule has 2 aromatic rings. The minimum Gasteiger partial charge on any atom is -0.203 e. The van der Waals surface area contributed by atoms with E-state index >= 15 is 0 Å². The smallest absolute Gasteiger partial charge is 0.195 e. The van der Waals surface area contributed by atoms with E-state index in [9.17, 15) is 13.2 Å². The molecule has 3 heteroatoms. The lowest BCUT2D eigenvalue weighted by atomic mass is 10.1. The Bertz CT molecular complexity index is 588. The first kappa shape index (κ1) is 9.46. The van der Waals surface area contributed by atoms with Crippen LogP contribution in [-0.2, 0) is 6.42 Å². The molecule has 0 fully saturated rings. The molecule has 0 amide bonds. The lowest BCUT2D eigenvalue weighted by Crippen LogP contribution is -1.96. The van der Waals surface area contributed by atoms with Crippen molar-refractivity contribution in [3.05, 3.63) is 58.9 Å². The Morgan fingerprint density at radius 3 is 2.56 bits per heavy atom. The fraction of sp³-hybridized carbons (Fsp3) is 0.0769. The summed E-state index contributed by atoms with van der Waals surface area (Å²) in [5, 5.41) is 0. The highest BCUT2D eigenvalue weighted by Gasteiger charge is 2.26. The van der Waals surface area contributed by atoms with Crippen LogP contribution in [0.3, 0.4) is 0 Å². The maximum atomic E-state index is 13.6. The fourth-order valence-corrected chi connectivity index (χ4v) is 2.11. The van der Waals surface area contributed by atoms with Crippen LogP contribution in [-0.4, -0.2) is 0 Å². The van der Waals surface area contributed by atoms with Gasteiger partial charge in [0.25, 0.3) is 0 Å². The van der Waals surface area contributed by atoms with Gasteiger partial charge in [0.15, 0.2) is 17.5 Å². The maximum Gasteiger partial charge on any atom is 0.195 e. The lowest BCUT2D eigenvalue weighted by Gasteiger charge is -2.03. The van der Waals surface area contributed by atoms with Gasteiger partial charge < -0.3 is 0 Å². The molecule has 0 unspecified atom stereocenters. The van der Waals surface area contributed by atoms with Crippen LogP contribution in [0.4, 0.5) is 13.2 Å². The van der Waals surface area contributed by atoms with Crippen molar-refractivity contribution in [2.24, 2.45) is 0 Å². The van der Waals surface area contributed by atoms with Crippen molar-refractivity contribution in [1.82, 2.24) is 0 Å². The molecule has 2 aromatic carbocycles. The number of hydrogen-bond acceptors (Lipinski definition) is 0. The minimum atomic E-state index is -1.45. The monoisotopic (exact) mass is 219 g/mol. The topological polar surface area (TPSA) is 0 Å². The number of rotatable bonds is 0. The standard InChI is InChI=1S/C13H6F3/c14-10-6-8-5-7-3-1-2-4-9(7)11(8)13(16)12(10)15/h1-4H,5H2. The van der Waals surface area contributed by atoms with Gasteiger partial charge >= 0.3 is 0 Å². The third kappa shape index (κ3) is 1.11. The highest BCUT2D eigenvalue weighted by Crippen LogP contribution is 2.39. The Hall–Kier alpha value is -1.77. The molecule has 1 radical (unpaired) electrons. The molecule has 0 saturated heterocycles. The minimum absolute atomic E-state index is 0.148. The highest BCUT2D eigenvalue weighted by molar-refractivity contribution is 5.77. The van der Waals surface area contributed by atoms with Crippen LogP contribution in [0.15, 0.2) is 24.3 Å². The quantitative estimate of drug-likeness (QED) is 0.508. The average molecular weight is 219 g/mol. The predicted molar refractivity (Wildman–Crippen MR) is 53.4 cm³/mol. The van der Waals surface area contributed by atoms with E-state index in [1.54, 1.807) is 12.1 Å². The summed E-state index contributed by atoms with van der Waals surface area (Å²) in [5.74, 6) is -3.81. The largest absolute Gasteiger partial charge is 0.203 e. The Balaban J connectivity index is 2.36. The third-order valence-corrected chi connectivity index (χ3v) is 2.82. The van der Waals surface area contributed by atoms with E-state index in [1.807, 2.05) is 12.1 Å². The van der Waals surface area contributed by atoms with Gasteiger partial charge in [-0.1, -0.05) is 24.3 Å². The van der Waals surface area contributed by atoms with Crippen LogP contribution in [0, 0.1) is 23.5 Å². The van der Waals surface area contributed by atoms with Crippen molar-refractivity contribution in [2.45, 2.75) is 6.42 Å². The molecule has 0 aromatic heterocycles. The first-order valence-electron chi connectivity index (χ1n) is 4.85. The van der Waals surface area contributed by atoms with Gasteiger partial charge in [0.05, 0.1) is 0 Å². The molecule has 1 aliphatic rings. The molecule has 3 rings (SSSR count). The van der Waals surface area contributed by atoms with Crippen LogP contribution in [0.2, 0.25) is 0 Å². The van der Waals surface area contributed by atoms with Crippen molar-refractivity contribution in [3.63, 3.8) is 0 Å². The molecular formula is C13H6F3. The van der Waals surface area contributed by atoms with Crippen molar-refractivity contribution >= 4 is 0 Å². The van der Waals surface area contributed by atoms with Crippen molar-refractivity contribution in [3.8, 4) is 11.1 Å². The van der Waals surface area contributed by atoms with Gasteiger partial charge in [-0.3, -0.25) is 0 Å². The van der Waals surface area contributed by atoms with Gasteiger partial charge in [-0.05, 0) is 23.1 Å². The van der Waals surface area contributed by atoms with Crippen LogP contribution in [0.1, 0.15) is 11.1 Å². The Morgan fingerprint density at radius 1 is 1.00 bits per heavy atom. The zero-order valence-electron chi connectivity index (χ0n) is 8.15. The molecule has 1 aliphatic carbocycles. The molecule has 0 N–H and O–H groups in total. The Morgan fingerprint density at radius 2 is 1.75 bits per heavy atom. The zero-order chi connectivity index (χ0) is 11.3. The van der Waals surface area contributed by atoms with Crippen LogP contribution in [0.5, 0.6) is 0 Å². The van der Waals surface area contributed by atoms with Gasteiger partial charge in [-0.25, -0.2) is 13.2 Å². The molecule has 0 spiro atoms. The molecular weight excluding hydrogens is 213 g/mol. The molecule has 0 bridgehead atoms. The number of hydrogen-bond donors (Lipinski definition) is 0. The second-order valence-corrected chi connectivity index (χ2v) is 3.75. The summed E-state index contributed by atoms with van der Waals surface area (Å²) >= 11 is 0. The maximum absolute atomic E-state index is 13.6. The second-order valence-electron chi connectivity index (χ2n) is 3.75. The van der Waals surface area contributed by atoms with Crippen LogP contribution >= 0.6 is 0 Å². The molecule has 0 atom stereocenters. The van der Waals surface area contributed by atoms with E-state index in [2.05, 4.69) is 6.07 Å². The summed E-state index contributed by atoms with van der Waals surface area (Å²) in [5.41, 5.74) is 2.04. The second kappa shape index (κ2) is 3.11. The SMILES string of the molecule is Fc1[c]c2c(c(F)c1F)-c1ccccc1C2. The first-order valence-corrected chi connectivity index (χ1v) is 4.85. The van der Waals surface area contributed by atoms with E-state index in [-0.39, 0.29) is 5.56 Å². The molecule has 0 saturated carbocycles. The fourth-order valence-electron chi connectivity index (χ4n) is 2.11. The van der Waals surface area contributed by atoms with E-state index in [0.29, 0.717) is 17.5 Å². The zero-order valence-corrected chi connectivity index (χ0v) is 8.15. The molecule has 0 heterocycles. The van der Waals surface area contributed by atoms with E-state index in [4.69, 9.17) is 0 Å². The van der Waals surface area contributed by atoms with E-state index < -0.39 is 17.5 Å². The summed E-state index contributed by atoms with van der Waals surface area (Å²) in [6, 6.07) is 9.34. The number of benzene rings is 2. The normalized spacial score (nSPS) is 12.4. The number of halogens is 3. The predicted octanol–water partition coefficient (Wildman–Crippen LogP) is 3.48. The summed E-state index contributed by atoms with van der Waals surface area (Å²) in [4.78, 5) is 0. The van der Waals surface area contributed by atoms with Crippen LogP contribution in [0.25, 0.3) is 11.1 Å². The van der Waals surface area contributed by atoms with Gasteiger partial charge in [-0.2, -0.15) is 0 Å². The Kier molecular flexibility index (Phi) is 1.84. The van der Waals surface area contributed by atoms with Gasteiger partial charge in [0.1, 0.15) is 0 Å². The molecule has 0 aliphatic heterocycles. The molecule has 0 nitrogen and oxygen atoms in total. The first-order chi connectivity index (χ1) is 7.68. The van der Waals surface area contributed by atoms with Crippen molar-refractivity contribution < 1.29 is 13.2 Å². The van der Waals surface area contributed by atoms with Gasteiger partial charge in [0.2, 0.25) is 0 Å². The van der Waals surface area contributed by atoms with Gasteiger partial charge in [-0.15, -0.1) is 0 Å². The molecule has 79 valence electrons. The summed E-state index contributed by atoms with van der Waals surface area (Å²) < 4.78 is 39.7.